The highest BCUT2D eigenvalue weighted by Gasteiger charge is 2.34. The summed E-state index contributed by atoms with van der Waals surface area (Å²) in [4.78, 5) is 54.0. The lowest BCUT2D eigenvalue weighted by Gasteiger charge is -2.13. The number of rotatable bonds is 7. The molecule has 0 atom stereocenters. The highest BCUT2D eigenvalue weighted by Crippen LogP contribution is 2.40. The molecule has 1 N–H and O–H groups in total. The average Bonchev–Trinajstić information content (AvgIpc) is 3.53. The fourth-order valence-corrected chi connectivity index (χ4v) is 6.43. The first-order valence-corrected chi connectivity index (χ1v) is 12.7. The van der Waals surface area contributed by atoms with Crippen LogP contribution in [0.25, 0.3) is 0 Å². The Morgan fingerprint density at radius 2 is 1.70 bits per heavy atom. The number of nitrogens with zero attached hydrogens (tertiary/aromatic N) is 1. The van der Waals surface area contributed by atoms with Crippen LogP contribution in [0.3, 0.4) is 0 Å². The minimum Gasteiger partial charge on any atom is -0.317 e. The minimum atomic E-state index is -0.314. The van der Waals surface area contributed by atoms with E-state index in [9.17, 15) is 19.2 Å². The van der Waals surface area contributed by atoms with E-state index in [4.69, 9.17) is 0 Å². The molecule has 0 saturated carbocycles. The van der Waals surface area contributed by atoms with Gasteiger partial charge in [-0.25, -0.2) is 0 Å². The molecule has 2 aromatic heterocycles. The van der Waals surface area contributed by atoms with Crippen molar-refractivity contribution in [2.75, 3.05) is 11.9 Å². The number of carbonyl (C=O) groups excluding carboxylic acids is 4. The summed E-state index contributed by atoms with van der Waals surface area (Å²) >= 11 is 2.90. The molecule has 1 aliphatic heterocycles. The molecule has 0 unspecified atom stereocenters. The molecule has 0 fully saturated rings. The van der Waals surface area contributed by atoms with Crippen molar-refractivity contribution in [2.45, 2.75) is 38.5 Å². The van der Waals surface area contributed by atoms with Crippen molar-refractivity contribution < 1.29 is 19.2 Å². The largest absolute Gasteiger partial charge is 0.317 e. The first-order valence-electron chi connectivity index (χ1n) is 11.0. The van der Waals surface area contributed by atoms with E-state index in [-0.39, 0.29) is 36.5 Å². The van der Waals surface area contributed by atoms with Crippen LogP contribution in [0.2, 0.25) is 0 Å². The van der Waals surface area contributed by atoms with Gasteiger partial charge in [0.25, 0.3) is 11.8 Å². The van der Waals surface area contributed by atoms with E-state index in [1.165, 1.54) is 32.5 Å². The summed E-state index contributed by atoms with van der Waals surface area (Å²) in [6.07, 6.45) is 4.43. The van der Waals surface area contributed by atoms with Crippen molar-refractivity contribution in [2.24, 2.45) is 0 Å². The van der Waals surface area contributed by atoms with Gasteiger partial charge in [0.15, 0.2) is 0 Å². The quantitative estimate of drug-likeness (QED) is 0.385. The topological polar surface area (TPSA) is 83.6 Å². The monoisotopic (exact) mass is 478 g/mol. The van der Waals surface area contributed by atoms with Crippen LogP contribution in [-0.4, -0.2) is 34.9 Å². The van der Waals surface area contributed by atoms with Crippen molar-refractivity contribution in [3.05, 3.63) is 73.8 Å². The maximum atomic E-state index is 13.2. The molecule has 0 radical (unpaired) electrons. The zero-order chi connectivity index (χ0) is 22.9. The zero-order valence-electron chi connectivity index (χ0n) is 17.9. The molecule has 1 aliphatic carbocycles. The molecular weight excluding hydrogens is 456 g/mol. The number of fused-ring (bicyclic) bond motifs is 2. The van der Waals surface area contributed by atoms with Gasteiger partial charge in [-0.2, -0.15) is 0 Å². The van der Waals surface area contributed by atoms with E-state index in [1.807, 2.05) is 17.5 Å². The molecule has 3 heterocycles. The van der Waals surface area contributed by atoms with Crippen molar-refractivity contribution in [1.82, 2.24) is 4.90 Å². The van der Waals surface area contributed by atoms with Gasteiger partial charge >= 0.3 is 0 Å². The third-order valence-electron chi connectivity index (χ3n) is 6.06. The molecule has 33 heavy (non-hydrogen) atoms. The van der Waals surface area contributed by atoms with Crippen LogP contribution < -0.4 is 5.32 Å². The molecule has 0 saturated heterocycles. The van der Waals surface area contributed by atoms with E-state index in [0.29, 0.717) is 33.0 Å². The zero-order valence-corrected chi connectivity index (χ0v) is 19.5. The Hall–Kier alpha value is -3.10. The predicted octanol–water partition coefficient (Wildman–Crippen LogP) is 4.93. The smallest absolute Gasteiger partial charge is 0.261 e. The lowest BCUT2D eigenvalue weighted by atomic mass is 9.93. The number of aryl methyl sites for hydroxylation is 1. The van der Waals surface area contributed by atoms with Crippen LogP contribution in [0.5, 0.6) is 0 Å². The van der Waals surface area contributed by atoms with Crippen LogP contribution in [0.1, 0.15) is 72.1 Å². The van der Waals surface area contributed by atoms with Gasteiger partial charge in [0, 0.05) is 17.8 Å². The van der Waals surface area contributed by atoms with E-state index in [1.54, 1.807) is 24.3 Å². The van der Waals surface area contributed by atoms with Gasteiger partial charge in [0.2, 0.25) is 11.7 Å². The molecule has 1 aromatic carbocycles. The highest BCUT2D eigenvalue weighted by molar-refractivity contribution is 7.17. The van der Waals surface area contributed by atoms with Gasteiger partial charge in [-0.05, 0) is 61.2 Å². The molecule has 2 aliphatic rings. The number of hydrogen-bond acceptors (Lipinski definition) is 6. The Morgan fingerprint density at radius 1 is 0.970 bits per heavy atom. The fraction of sp³-hybridized carbons (Fsp3) is 0.280. The molecule has 3 amide bonds. The number of ketones is 1. The lowest BCUT2D eigenvalue weighted by molar-refractivity contribution is -0.116. The van der Waals surface area contributed by atoms with Crippen molar-refractivity contribution in [1.29, 1.82) is 0 Å². The second-order valence-electron chi connectivity index (χ2n) is 8.18. The Balaban J connectivity index is 1.26. The molecule has 8 heteroatoms. The molecule has 0 bridgehead atoms. The summed E-state index contributed by atoms with van der Waals surface area (Å²) < 4.78 is 0. The minimum absolute atomic E-state index is 0.0364. The summed E-state index contributed by atoms with van der Waals surface area (Å²) in [5.74, 6) is -0.882. The first kappa shape index (κ1) is 21.7. The van der Waals surface area contributed by atoms with Crippen LogP contribution in [0.15, 0.2) is 41.8 Å². The van der Waals surface area contributed by atoms with E-state index in [2.05, 4.69) is 5.32 Å². The van der Waals surface area contributed by atoms with Crippen LogP contribution in [-0.2, 0) is 17.6 Å². The van der Waals surface area contributed by atoms with E-state index < -0.39 is 0 Å². The predicted molar refractivity (Wildman–Crippen MR) is 128 cm³/mol. The number of imide groups is 1. The van der Waals surface area contributed by atoms with E-state index in [0.717, 1.165) is 31.2 Å². The molecule has 3 aromatic rings. The van der Waals surface area contributed by atoms with Gasteiger partial charge < -0.3 is 5.32 Å². The number of hydrogen-bond donors (Lipinski definition) is 1. The highest BCUT2D eigenvalue weighted by atomic mass is 32.1. The summed E-state index contributed by atoms with van der Waals surface area (Å²) in [6, 6.07) is 10.4. The third kappa shape index (κ3) is 4.05. The molecule has 5 rings (SSSR count). The summed E-state index contributed by atoms with van der Waals surface area (Å²) in [6.45, 7) is 0.182. The lowest BCUT2D eigenvalue weighted by Crippen LogP contribution is -2.31. The average molecular weight is 479 g/mol. The number of anilines is 1. The molecule has 0 spiro atoms. The Kier molecular flexibility index (Phi) is 5.95. The standard InChI is InChI=1S/C25H22N2O4S2/c28-20(12-5-13-27-24(30)15-7-1-2-8-16(15)25(27)31)26-23-21(22(29)19-11-6-14-32-19)17-9-3-4-10-18(17)33-23/h1-2,6-8,11,14H,3-5,9-10,12-13H2,(H,26,28). The number of nitrogens with one attached hydrogen (secondary N) is 1. The van der Waals surface area contributed by atoms with Crippen LogP contribution >= 0.6 is 22.7 Å². The van der Waals surface area contributed by atoms with Gasteiger partial charge in [-0.3, -0.25) is 24.1 Å². The summed E-state index contributed by atoms with van der Waals surface area (Å²) in [7, 11) is 0. The third-order valence-corrected chi connectivity index (χ3v) is 8.14. The van der Waals surface area contributed by atoms with Gasteiger partial charge in [-0.15, -0.1) is 22.7 Å². The van der Waals surface area contributed by atoms with Crippen LogP contribution in [0, 0.1) is 0 Å². The Bertz CT molecular complexity index is 1220. The second kappa shape index (κ2) is 9.03. The molecular formula is C25H22N2O4S2. The van der Waals surface area contributed by atoms with Gasteiger partial charge in [-0.1, -0.05) is 18.2 Å². The van der Waals surface area contributed by atoms with Crippen molar-refractivity contribution >= 4 is 51.2 Å². The Labute approximate surface area is 199 Å². The fourth-order valence-electron chi connectivity index (χ4n) is 4.45. The maximum absolute atomic E-state index is 13.2. The van der Waals surface area contributed by atoms with Crippen LogP contribution in [0.4, 0.5) is 5.00 Å². The second-order valence-corrected chi connectivity index (χ2v) is 10.2. The summed E-state index contributed by atoms with van der Waals surface area (Å²) in [5, 5.41) is 5.45. The van der Waals surface area contributed by atoms with Gasteiger partial charge in [0.05, 0.1) is 21.6 Å². The first-order chi connectivity index (χ1) is 16.0. The number of thiophene rings is 2. The van der Waals surface area contributed by atoms with Crippen molar-refractivity contribution in [3.8, 4) is 0 Å². The van der Waals surface area contributed by atoms with Gasteiger partial charge in [0.1, 0.15) is 5.00 Å². The van der Waals surface area contributed by atoms with Crippen molar-refractivity contribution in [3.63, 3.8) is 0 Å². The maximum Gasteiger partial charge on any atom is 0.261 e. The number of benzene rings is 1. The normalized spacial score (nSPS) is 14.8. The SMILES string of the molecule is O=C(CCCN1C(=O)c2ccccc2C1=O)Nc1sc2c(c1C(=O)c1cccs1)CCCC2. The van der Waals surface area contributed by atoms with E-state index >= 15 is 0 Å². The molecule has 6 nitrogen and oxygen atoms in total. The number of amides is 3. The molecule has 168 valence electrons. The summed E-state index contributed by atoms with van der Waals surface area (Å²) in [5.41, 5.74) is 2.53. The number of carbonyl (C=O) groups is 4. The Morgan fingerprint density at radius 3 is 2.39 bits per heavy atom.